The van der Waals surface area contributed by atoms with Crippen LogP contribution in [0.4, 0.5) is 4.79 Å². The average molecular weight is 427 g/mol. The van der Waals surface area contributed by atoms with Crippen LogP contribution in [0.1, 0.15) is 41.5 Å². The Kier molecular flexibility index (Phi) is 5.95. The molecule has 1 aliphatic heterocycles. The van der Waals surface area contributed by atoms with Crippen molar-refractivity contribution in [2.75, 3.05) is 33.3 Å². The third-order valence-corrected chi connectivity index (χ3v) is 6.91. The van der Waals surface area contributed by atoms with E-state index < -0.39 is 0 Å². The molecule has 3 aromatic rings. The van der Waals surface area contributed by atoms with Crippen LogP contribution in [0.3, 0.4) is 0 Å². The summed E-state index contributed by atoms with van der Waals surface area (Å²) >= 11 is 0. The van der Waals surface area contributed by atoms with Crippen LogP contribution in [0.15, 0.2) is 78.9 Å². The Balaban J connectivity index is 1.32. The maximum atomic E-state index is 13.2. The van der Waals surface area contributed by atoms with Gasteiger partial charge in [0, 0.05) is 19.5 Å². The number of carbonyl (C=O) groups excluding carboxylic acids is 1. The van der Waals surface area contributed by atoms with Gasteiger partial charge in [0.05, 0.1) is 6.04 Å². The van der Waals surface area contributed by atoms with Crippen molar-refractivity contribution in [1.29, 1.82) is 0 Å². The fourth-order valence-electron chi connectivity index (χ4n) is 5.16. The number of likely N-dealkylation sites (N-methyl/N-ethyl adjacent to an activating group) is 1. The predicted octanol–water partition coefficient (Wildman–Crippen LogP) is 5.70. The van der Waals surface area contributed by atoms with E-state index in [9.17, 15) is 4.79 Å². The van der Waals surface area contributed by atoms with Gasteiger partial charge in [0.25, 0.3) is 0 Å². The van der Waals surface area contributed by atoms with Crippen molar-refractivity contribution in [3.05, 3.63) is 95.6 Å². The summed E-state index contributed by atoms with van der Waals surface area (Å²) in [5, 5.41) is 0. The molecule has 1 fully saturated rings. The van der Waals surface area contributed by atoms with Crippen molar-refractivity contribution in [2.24, 2.45) is 0 Å². The van der Waals surface area contributed by atoms with Gasteiger partial charge in [0.1, 0.15) is 6.61 Å². The number of nitrogens with zero attached hydrogens (tertiary/aromatic N) is 2. The molecule has 3 aromatic carbocycles. The molecule has 32 heavy (non-hydrogen) atoms. The molecule has 0 bridgehead atoms. The summed E-state index contributed by atoms with van der Waals surface area (Å²) in [7, 11) is 1.87. The number of ether oxygens (including phenoxy) is 1. The van der Waals surface area contributed by atoms with Crippen LogP contribution in [-0.4, -0.2) is 49.2 Å². The maximum Gasteiger partial charge on any atom is 0.410 e. The maximum absolute atomic E-state index is 13.2. The van der Waals surface area contributed by atoms with Crippen LogP contribution in [0.25, 0.3) is 11.1 Å². The highest BCUT2D eigenvalue weighted by Gasteiger charge is 2.31. The van der Waals surface area contributed by atoms with E-state index in [1.165, 1.54) is 35.1 Å². The second-order valence-corrected chi connectivity index (χ2v) is 8.85. The van der Waals surface area contributed by atoms with E-state index in [4.69, 9.17) is 4.74 Å². The van der Waals surface area contributed by atoms with E-state index in [0.29, 0.717) is 6.61 Å². The normalized spacial score (nSPS) is 16.4. The minimum absolute atomic E-state index is 0.0232. The highest BCUT2D eigenvalue weighted by atomic mass is 16.6. The summed E-state index contributed by atoms with van der Waals surface area (Å²) in [4.78, 5) is 17.4. The van der Waals surface area contributed by atoms with E-state index in [1.54, 1.807) is 4.90 Å². The van der Waals surface area contributed by atoms with Gasteiger partial charge in [0.2, 0.25) is 0 Å². The number of likely N-dealkylation sites (tertiary alicyclic amines) is 1. The number of rotatable bonds is 6. The average Bonchev–Trinajstić information content (AvgIpc) is 3.47. The largest absolute Gasteiger partial charge is 0.448 e. The number of amides is 1. The Hall–Kier alpha value is -3.11. The van der Waals surface area contributed by atoms with Gasteiger partial charge in [-0.2, -0.15) is 0 Å². The highest BCUT2D eigenvalue weighted by molar-refractivity contribution is 5.79. The third-order valence-electron chi connectivity index (χ3n) is 6.91. The summed E-state index contributed by atoms with van der Waals surface area (Å²) in [6.45, 7) is 3.39. The summed E-state index contributed by atoms with van der Waals surface area (Å²) in [6.07, 6.45) is 2.20. The van der Waals surface area contributed by atoms with Crippen molar-refractivity contribution in [1.82, 2.24) is 9.80 Å². The molecule has 164 valence electrons. The van der Waals surface area contributed by atoms with E-state index in [1.807, 2.05) is 25.2 Å². The van der Waals surface area contributed by atoms with Gasteiger partial charge in [0.15, 0.2) is 0 Å². The van der Waals surface area contributed by atoms with Gasteiger partial charge < -0.3 is 14.5 Å². The minimum Gasteiger partial charge on any atom is -0.448 e. The van der Waals surface area contributed by atoms with E-state index >= 15 is 0 Å². The number of fused-ring (bicyclic) bond motifs is 3. The molecule has 1 unspecified atom stereocenters. The Morgan fingerprint density at radius 1 is 0.906 bits per heavy atom. The Morgan fingerprint density at radius 2 is 1.47 bits per heavy atom. The Labute approximate surface area is 190 Å². The van der Waals surface area contributed by atoms with E-state index in [2.05, 4.69) is 65.6 Å². The van der Waals surface area contributed by atoms with Crippen LogP contribution in [0.2, 0.25) is 0 Å². The Bertz CT molecular complexity index is 1030. The van der Waals surface area contributed by atoms with Crippen LogP contribution in [-0.2, 0) is 4.74 Å². The standard InChI is InChI=1S/C28H30N2O2/c1-29(27(19-30-17-9-10-18-30)21-11-3-2-4-12-21)28(31)32-20-26-24-15-7-5-13-22(24)23-14-6-8-16-25(23)26/h2-8,11-16,26-27H,9-10,17-20H2,1H3. The first-order valence-electron chi connectivity index (χ1n) is 11.6. The number of hydrogen-bond acceptors (Lipinski definition) is 3. The molecule has 0 spiro atoms. The smallest absolute Gasteiger partial charge is 0.410 e. The molecule has 4 nitrogen and oxygen atoms in total. The molecule has 1 saturated heterocycles. The van der Waals surface area contributed by atoms with Crippen molar-refractivity contribution in [3.63, 3.8) is 0 Å². The summed E-state index contributed by atoms with van der Waals surface area (Å²) in [5.41, 5.74) is 6.11. The van der Waals surface area contributed by atoms with Gasteiger partial charge in [-0.25, -0.2) is 4.79 Å². The fourth-order valence-corrected chi connectivity index (χ4v) is 5.16. The number of benzene rings is 3. The molecule has 4 heteroatoms. The zero-order valence-corrected chi connectivity index (χ0v) is 18.6. The summed E-state index contributed by atoms with van der Waals surface area (Å²) in [5.74, 6) is 0.0773. The summed E-state index contributed by atoms with van der Waals surface area (Å²) < 4.78 is 5.94. The molecule has 1 atom stereocenters. The highest BCUT2D eigenvalue weighted by Crippen LogP contribution is 2.44. The van der Waals surface area contributed by atoms with Crippen LogP contribution in [0, 0.1) is 0 Å². The lowest BCUT2D eigenvalue weighted by Gasteiger charge is -2.31. The van der Waals surface area contributed by atoms with E-state index in [-0.39, 0.29) is 18.1 Å². The topological polar surface area (TPSA) is 32.8 Å². The molecule has 1 heterocycles. The zero-order chi connectivity index (χ0) is 21.9. The summed E-state index contributed by atoms with van der Waals surface area (Å²) in [6, 6.07) is 27.2. The van der Waals surface area contributed by atoms with Gasteiger partial charge in [-0.05, 0) is 53.7 Å². The molecule has 2 aliphatic rings. The first-order chi connectivity index (χ1) is 15.7. The van der Waals surface area contributed by atoms with Gasteiger partial charge in [-0.3, -0.25) is 0 Å². The van der Waals surface area contributed by atoms with E-state index in [0.717, 1.165) is 25.2 Å². The number of hydrogen-bond donors (Lipinski definition) is 0. The van der Waals surface area contributed by atoms with Crippen molar-refractivity contribution >= 4 is 6.09 Å². The lowest BCUT2D eigenvalue weighted by atomic mass is 9.98. The number of carbonyl (C=O) groups is 1. The molecule has 0 N–H and O–H groups in total. The molecule has 5 rings (SSSR count). The lowest BCUT2D eigenvalue weighted by Crippen LogP contribution is -2.39. The quantitative estimate of drug-likeness (QED) is 0.507. The van der Waals surface area contributed by atoms with Crippen molar-refractivity contribution < 1.29 is 9.53 Å². The van der Waals surface area contributed by atoms with Gasteiger partial charge >= 0.3 is 6.09 Å². The van der Waals surface area contributed by atoms with Crippen molar-refractivity contribution in [2.45, 2.75) is 24.8 Å². The van der Waals surface area contributed by atoms with Crippen LogP contribution in [0.5, 0.6) is 0 Å². The fraction of sp³-hybridized carbons (Fsp3) is 0.321. The molecule has 0 radical (unpaired) electrons. The van der Waals surface area contributed by atoms with Gasteiger partial charge in [-0.15, -0.1) is 0 Å². The second kappa shape index (κ2) is 9.17. The Morgan fingerprint density at radius 3 is 2.09 bits per heavy atom. The lowest BCUT2D eigenvalue weighted by molar-refractivity contribution is 0.0866. The SMILES string of the molecule is CN(C(=O)OCC1c2ccccc2-c2ccccc21)C(CN1CCCC1)c1ccccc1. The molecular weight excluding hydrogens is 396 g/mol. The molecule has 1 amide bonds. The molecule has 0 aromatic heterocycles. The second-order valence-electron chi connectivity index (χ2n) is 8.85. The zero-order valence-electron chi connectivity index (χ0n) is 18.6. The van der Waals surface area contributed by atoms with Crippen molar-refractivity contribution in [3.8, 4) is 11.1 Å². The molecule has 0 saturated carbocycles. The van der Waals surface area contributed by atoms with Gasteiger partial charge in [-0.1, -0.05) is 78.9 Å². The molecular formula is C28H30N2O2. The monoisotopic (exact) mass is 426 g/mol. The first kappa shape index (κ1) is 20.8. The first-order valence-corrected chi connectivity index (χ1v) is 11.6. The predicted molar refractivity (Wildman–Crippen MR) is 128 cm³/mol. The van der Waals surface area contributed by atoms with Crippen LogP contribution < -0.4 is 0 Å². The van der Waals surface area contributed by atoms with Crippen LogP contribution >= 0.6 is 0 Å². The minimum atomic E-state index is -0.264. The molecule has 1 aliphatic carbocycles. The third kappa shape index (κ3) is 4.03.